The highest BCUT2D eigenvalue weighted by Gasteiger charge is 2.02. The quantitative estimate of drug-likeness (QED) is 0.648. The van der Waals surface area contributed by atoms with Crippen LogP contribution in [0.25, 0.3) is 0 Å². The second-order valence-electron chi connectivity index (χ2n) is 2.59. The topological polar surface area (TPSA) is 29.0 Å². The summed E-state index contributed by atoms with van der Waals surface area (Å²) in [6.07, 6.45) is 5.17. The second-order valence-corrected chi connectivity index (χ2v) is 2.59. The van der Waals surface area contributed by atoms with Crippen molar-refractivity contribution >= 4 is 5.82 Å². The van der Waals surface area contributed by atoms with Gasteiger partial charge in [-0.25, -0.2) is 0 Å². The molecule has 68 valence electrons. The predicted octanol–water partition coefficient (Wildman–Crippen LogP) is 1.30. The van der Waals surface area contributed by atoms with Gasteiger partial charge in [0.05, 0.1) is 0 Å². The molecule has 1 rings (SSSR count). The molecular weight excluding hydrogens is 162 g/mol. The Morgan fingerprint density at radius 1 is 1.31 bits per heavy atom. The van der Waals surface area contributed by atoms with E-state index in [1.807, 2.05) is 6.07 Å². The monoisotopic (exact) mass is 175 g/mol. The molecule has 13 heavy (non-hydrogen) atoms. The molecular formula is C10H13N3. The first-order valence-electron chi connectivity index (χ1n) is 4.37. The van der Waals surface area contributed by atoms with Crippen LogP contribution < -0.4 is 4.90 Å². The van der Waals surface area contributed by atoms with Crippen molar-refractivity contribution in [2.45, 2.75) is 13.8 Å². The largest absolute Gasteiger partial charge is 0.356 e. The van der Waals surface area contributed by atoms with Gasteiger partial charge < -0.3 is 4.90 Å². The Bertz CT molecular complexity index is 293. The van der Waals surface area contributed by atoms with Crippen LogP contribution in [0.2, 0.25) is 0 Å². The average Bonchev–Trinajstić information content (AvgIpc) is 2.21. The molecule has 1 heterocycles. The van der Waals surface area contributed by atoms with Crippen molar-refractivity contribution in [2.75, 3.05) is 18.0 Å². The molecule has 0 N–H and O–H groups in total. The van der Waals surface area contributed by atoms with Crippen LogP contribution in [0, 0.1) is 12.3 Å². The third-order valence-electron chi connectivity index (χ3n) is 1.89. The summed E-state index contributed by atoms with van der Waals surface area (Å²) in [4.78, 5) is 2.12. The third-order valence-corrected chi connectivity index (χ3v) is 1.89. The lowest BCUT2D eigenvalue weighted by atomic mass is 10.4. The molecule has 0 fully saturated rings. The van der Waals surface area contributed by atoms with Gasteiger partial charge in [0, 0.05) is 13.1 Å². The van der Waals surface area contributed by atoms with Gasteiger partial charge in [-0.15, -0.1) is 16.6 Å². The minimum Gasteiger partial charge on any atom is -0.356 e. The molecule has 0 radical (unpaired) electrons. The van der Waals surface area contributed by atoms with Crippen molar-refractivity contribution < 1.29 is 0 Å². The van der Waals surface area contributed by atoms with Crippen molar-refractivity contribution in [3.8, 4) is 12.3 Å². The summed E-state index contributed by atoms with van der Waals surface area (Å²) in [5.41, 5.74) is 0.580. The van der Waals surface area contributed by atoms with E-state index in [2.05, 4.69) is 34.9 Å². The van der Waals surface area contributed by atoms with E-state index >= 15 is 0 Å². The van der Waals surface area contributed by atoms with E-state index in [9.17, 15) is 0 Å². The van der Waals surface area contributed by atoms with E-state index in [4.69, 9.17) is 6.42 Å². The van der Waals surface area contributed by atoms with Gasteiger partial charge in [-0.3, -0.25) is 0 Å². The van der Waals surface area contributed by atoms with Gasteiger partial charge in [-0.2, -0.15) is 0 Å². The highest BCUT2D eigenvalue weighted by molar-refractivity contribution is 5.38. The molecule has 0 spiro atoms. The Balaban J connectivity index is 2.85. The van der Waals surface area contributed by atoms with Crippen LogP contribution in [0.4, 0.5) is 5.82 Å². The zero-order valence-corrected chi connectivity index (χ0v) is 7.99. The number of anilines is 1. The highest BCUT2D eigenvalue weighted by Crippen LogP contribution is 2.07. The van der Waals surface area contributed by atoms with E-state index in [1.54, 1.807) is 6.07 Å². The van der Waals surface area contributed by atoms with Crippen molar-refractivity contribution in [3.05, 3.63) is 17.8 Å². The van der Waals surface area contributed by atoms with Crippen LogP contribution in [0.3, 0.4) is 0 Å². The van der Waals surface area contributed by atoms with Gasteiger partial charge in [0.1, 0.15) is 5.69 Å². The molecule has 0 saturated carbocycles. The van der Waals surface area contributed by atoms with Crippen molar-refractivity contribution in [2.24, 2.45) is 0 Å². The van der Waals surface area contributed by atoms with Crippen LogP contribution in [0.15, 0.2) is 12.1 Å². The van der Waals surface area contributed by atoms with Crippen LogP contribution in [-0.4, -0.2) is 23.3 Å². The lowest BCUT2D eigenvalue weighted by Crippen LogP contribution is -2.23. The number of hydrogen-bond acceptors (Lipinski definition) is 3. The minimum atomic E-state index is 0.580. The van der Waals surface area contributed by atoms with Crippen LogP contribution in [0.1, 0.15) is 19.5 Å². The van der Waals surface area contributed by atoms with Gasteiger partial charge in [-0.05, 0) is 31.9 Å². The van der Waals surface area contributed by atoms with Gasteiger partial charge in [0.15, 0.2) is 5.82 Å². The molecule has 0 aliphatic rings. The van der Waals surface area contributed by atoms with E-state index < -0.39 is 0 Å². The van der Waals surface area contributed by atoms with E-state index in [1.165, 1.54) is 0 Å². The molecule has 3 nitrogen and oxygen atoms in total. The molecule has 0 amide bonds. The normalized spacial score (nSPS) is 9.31. The smallest absolute Gasteiger partial charge is 0.151 e. The molecule has 3 heteroatoms. The standard InChI is InChI=1S/C10H13N3/c1-4-9-7-8-10(12-11-9)13(5-2)6-3/h1,7-8H,5-6H2,2-3H3. The Morgan fingerprint density at radius 2 is 2.00 bits per heavy atom. The fourth-order valence-corrected chi connectivity index (χ4v) is 1.12. The highest BCUT2D eigenvalue weighted by atomic mass is 15.3. The summed E-state index contributed by atoms with van der Waals surface area (Å²) in [6.45, 7) is 6.03. The van der Waals surface area contributed by atoms with Crippen molar-refractivity contribution in [1.29, 1.82) is 0 Å². The maximum atomic E-state index is 5.17. The fraction of sp³-hybridized carbons (Fsp3) is 0.400. The van der Waals surface area contributed by atoms with E-state index in [0.717, 1.165) is 18.9 Å². The summed E-state index contributed by atoms with van der Waals surface area (Å²) < 4.78 is 0. The maximum Gasteiger partial charge on any atom is 0.151 e. The molecule has 0 aliphatic carbocycles. The Hall–Kier alpha value is -1.56. The van der Waals surface area contributed by atoms with Gasteiger partial charge >= 0.3 is 0 Å². The summed E-state index contributed by atoms with van der Waals surface area (Å²) in [5, 5.41) is 7.91. The van der Waals surface area contributed by atoms with Crippen LogP contribution in [-0.2, 0) is 0 Å². The number of rotatable bonds is 3. The molecule has 1 aromatic heterocycles. The lowest BCUT2D eigenvalue weighted by molar-refractivity contribution is 0.822. The fourth-order valence-electron chi connectivity index (χ4n) is 1.12. The number of nitrogens with zero attached hydrogens (tertiary/aromatic N) is 3. The summed E-state index contributed by atoms with van der Waals surface area (Å²) >= 11 is 0. The molecule has 0 aromatic carbocycles. The minimum absolute atomic E-state index is 0.580. The maximum absolute atomic E-state index is 5.17. The third kappa shape index (κ3) is 2.19. The Labute approximate surface area is 78.8 Å². The van der Waals surface area contributed by atoms with Gasteiger partial charge in [-0.1, -0.05) is 0 Å². The predicted molar refractivity (Wildman–Crippen MR) is 53.5 cm³/mol. The first kappa shape index (κ1) is 9.53. The second kappa shape index (κ2) is 4.46. The Morgan fingerprint density at radius 3 is 2.38 bits per heavy atom. The molecule has 0 aliphatic heterocycles. The summed E-state index contributed by atoms with van der Waals surface area (Å²) in [5.74, 6) is 3.32. The molecule has 0 unspecified atom stereocenters. The van der Waals surface area contributed by atoms with Gasteiger partial charge in [0.25, 0.3) is 0 Å². The van der Waals surface area contributed by atoms with Crippen LogP contribution in [0.5, 0.6) is 0 Å². The summed E-state index contributed by atoms with van der Waals surface area (Å²) in [6, 6.07) is 3.70. The van der Waals surface area contributed by atoms with E-state index in [0.29, 0.717) is 5.69 Å². The van der Waals surface area contributed by atoms with E-state index in [-0.39, 0.29) is 0 Å². The average molecular weight is 175 g/mol. The van der Waals surface area contributed by atoms with Gasteiger partial charge in [0.2, 0.25) is 0 Å². The molecule has 1 aromatic rings. The molecule has 0 bridgehead atoms. The lowest BCUT2D eigenvalue weighted by Gasteiger charge is -2.18. The van der Waals surface area contributed by atoms with Crippen molar-refractivity contribution in [1.82, 2.24) is 10.2 Å². The number of terminal acetylenes is 1. The van der Waals surface area contributed by atoms with Crippen molar-refractivity contribution in [3.63, 3.8) is 0 Å². The molecule has 0 saturated heterocycles. The zero-order chi connectivity index (χ0) is 9.68. The number of aromatic nitrogens is 2. The molecule has 0 atom stereocenters. The zero-order valence-electron chi connectivity index (χ0n) is 7.99. The van der Waals surface area contributed by atoms with Crippen LogP contribution >= 0.6 is 0 Å². The SMILES string of the molecule is C#Cc1ccc(N(CC)CC)nn1. The Kier molecular flexibility index (Phi) is 3.27. The first-order valence-corrected chi connectivity index (χ1v) is 4.37. The summed E-state index contributed by atoms with van der Waals surface area (Å²) in [7, 11) is 0. The number of hydrogen-bond donors (Lipinski definition) is 0. The first-order chi connectivity index (χ1) is 6.31.